The van der Waals surface area contributed by atoms with E-state index in [9.17, 15) is 5.11 Å². The van der Waals surface area contributed by atoms with Crippen LogP contribution in [0.4, 0.5) is 5.82 Å². The lowest BCUT2D eigenvalue weighted by molar-refractivity contribution is -0.101. The lowest BCUT2D eigenvalue weighted by Crippen LogP contribution is -2.54. The predicted molar refractivity (Wildman–Crippen MR) is 84.1 cm³/mol. The lowest BCUT2D eigenvalue weighted by atomic mass is 10.0. The third-order valence-electron chi connectivity index (χ3n) is 3.58. The fraction of sp³-hybridized carbons (Fsp3) is 0.733. The molecule has 0 amide bonds. The molecule has 1 saturated heterocycles. The second kappa shape index (κ2) is 6.07. The summed E-state index contributed by atoms with van der Waals surface area (Å²) in [6.07, 6.45) is -0.218. The number of nitrogens with zero attached hydrogens (tertiary/aromatic N) is 3. The molecule has 0 spiro atoms. The molecule has 1 unspecified atom stereocenters. The third-order valence-corrected chi connectivity index (χ3v) is 3.95. The molecule has 1 N–H and O–H groups in total. The van der Waals surface area contributed by atoms with Gasteiger partial charge in [-0.25, -0.2) is 9.97 Å². The van der Waals surface area contributed by atoms with Gasteiger partial charge in [-0.1, -0.05) is 25.4 Å². The first-order valence-corrected chi connectivity index (χ1v) is 7.69. The first-order chi connectivity index (χ1) is 9.73. The fourth-order valence-corrected chi connectivity index (χ4v) is 2.78. The van der Waals surface area contributed by atoms with E-state index in [2.05, 4.69) is 14.9 Å². The Bertz CT molecular complexity index is 520. The van der Waals surface area contributed by atoms with Gasteiger partial charge in [-0.2, -0.15) is 0 Å². The number of morpholine rings is 1. The summed E-state index contributed by atoms with van der Waals surface area (Å²) in [5, 5.41) is 9.94. The van der Waals surface area contributed by atoms with Crippen molar-refractivity contribution in [3.05, 3.63) is 16.5 Å². The minimum Gasteiger partial charge on any atom is -0.394 e. The zero-order chi connectivity index (χ0) is 15.8. The Morgan fingerprint density at radius 2 is 2.10 bits per heavy atom. The highest BCUT2D eigenvalue weighted by Crippen LogP contribution is 2.30. The van der Waals surface area contributed by atoms with E-state index in [1.54, 1.807) is 0 Å². The number of aliphatic hydroxyl groups is 1. The van der Waals surface area contributed by atoms with E-state index >= 15 is 0 Å². The molecule has 2 heterocycles. The number of anilines is 1. The minimum atomic E-state index is -0.340. The molecule has 2 rings (SSSR count). The monoisotopic (exact) mass is 313 g/mol. The first kappa shape index (κ1) is 16.5. The highest BCUT2D eigenvalue weighted by Gasteiger charge is 2.34. The van der Waals surface area contributed by atoms with Gasteiger partial charge in [0.15, 0.2) is 0 Å². The van der Waals surface area contributed by atoms with Gasteiger partial charge in [-0.05, 0) is 20.8 Å². The molecule has 1 atom stereocenters. The Labute approximate surface area is 131 Å². The van der Waals surface area contributed by atoms with Crippen molar-refractivity contribution in [1.82, 2.24) is 9.97 Å². The number of ether oxygens (including phenoxy) is 1. The summed E-state index contributed by atoms with van der Waals surface area (Å²) in [6.45, 7) is 11.4. The summed E-state index contributed by atoms with van der Waals surface area (Å²) in [7, 11) is 0. The van der Waals surface area contributed by atoms with Crippen molar-refractivity contribution in [2.45, 2.75) is 52.2 Å². The van der Waals surface area contributed by atoms with Crippen molar-refractivity contribution < 1.29 is 9.84 Å². The topological polar surface area (TPSA) is 58.5 Å². The summed E-state index contributed by atoms with van der Waals surface area (Å²) < 4.78 is 5.85. The third kappa shape index (κ3) is 3.65. The average Bonchev–Trinajstić information content (AvgIpc) is 2.39. The Morgan fingerprint density at radius 3 is 2.67 bits per heavy atom. The van der Waals surface area contributed by atoms with Gasteiger partial charge in [0.1, 0.15) is 16.8 Å². The van der Waals surface area contributed by atoms with Gasteiger partial charge in [0.05, 0.1) is 18.3 Å². The van der Waals surface area contributed by atoms with Gasteiger partial charge in [-0.3, -0.25) is 0 Å². The number of rotatable bonds is 3. The summed E-state index contributed by atoms with van der Waals surface area (Å²) in [4.78, 5) is 11.2. The summed E-state index contributed by atoms with van der Waals surface area (Å²) >= 11 is 6.27. The van der Waals surface area contributed by atoms with Crippen LogP contribution in [0, 0.1) is 6.92 Å². The van der Waals surface area contributed by atoms with Crippen LogP contribution in [-0.4, -0.2) is 46.5 Å². The zero-order valence-corrected chi connectivity index (χ0v) is 14.1. The number of aliphatic hydroxyl groups excluding tert-OH is 1. The predicted octanol–water partition coefficient (Wildman–Crippen LogP) is 2.54. The lowest BCUT2D eigenvalue weighted by Gasteiger charge is -2.43. The van der Waals surface area contributed by atoms with Crippen LogP contribution in [0.1, 0.15) is 45.0 Å². The highest BCUT2D eigenvalue weighted by molar-refractivity contribution is 6.30. The van der Waals surface area contributed by atoms with Crippen LogP contribution in [-0.2, 0) is 4.74 Å². The Balaban J connectivity index is 2.40. The summed E-state index contributed by atoms with van der Waals surface area (Å²) in [6, 6.07) is 0. The minimum absolute atomic E-state index is 0.00513. The summed E-state index contributed by atoms with van der Waals surface area (Å²) in [5.74, 6) is 1.79. The van der Waals surface area contributed by atoms with Crippen LogP contribution >= 0.6 is 11.6 Å². The quantitative estimate of drug-likeness (QED) is 0.869. The molecule has 1 aromatic heterocycles. The van der Waals surface area contributed by atoms with Gasteiger partial charge in [0, 0.05) is 24.6 Å². The van der Waals surface area contributed by atoms with Crippen molar-refractivity contribution in [3.8, 4) is 0 Å². The average molecular weight is 314 g/mol. The maximum atomic E-state index is 9.44. The van der Waals surface area contributed by atoms with Crippen molar-refractivity contribution in [2.24, 2.45) is 0 Å². The number of aromatic nitrogens is 2. The molecule has 0 bridgehead atoms. The van der Waals surface area contributed by atoms with E-state index in [4.69, 9.17) is 16.3 Å². The maximum Gasteiger partial charge on any atom is 0.137 e. The van der Waals surface area contributed by atoms with Crippen LogP contribution in [0.3, 0.4) is 0 Å². The zero-order valence-electron chi connectivity index (χ0n) is 13.4. The molecule has 0 aromatic carbocycles. The van der Waals surface area contributed by atoms with Crippen LogP contribution in [0.15, 0.2) is 0 Å². The van der Waals surface area contributed by atoms with E-state index < -0.39 is 0 Å². The van der Waals surface area contributed by atoms with E-state index in [1.165, 1.54) is 0 Å². The van der Waals surface area contributed by atoms with Crippen molar-refractivity contribution in [2.75, 3.05) is 24.6 Å². The van der Waals surface area contributed by atoms with Gasteiger partial charge >= 0.3 is 0 Å². The van der Waals surface area contributed by atoms with E-state index in [0.29, 0.717) is 18.2 Å². The molecule has 118 valence electrons. The fourth-order valence-electron chi connectivity index (χ4n) is 2.61. The molecule has 0 aliphatic carbocycles. The molecular weight excluding hydrogens is 290 g/mol. The van der Waals surface area contributed by atoms with Gasteiger partial charge in [-0.15, -0.1) is 0 Å². The molecule has 1 aromatic rings. The Hall–Kier alpha value is -0.910. The molecule has 0 saturated carbocycles. The Morgan fingerprint density at radius 1 is 1.43 bits per heavy atom. The Kier molecular flexibility index (Phi) is 4.76. The number of hydrogen-bond acceptors (Lipinski definition) is 5. The largest absolute Gasteiger partial charge is 0.394 e. The smallest absolute Gasteiger partial charge is 0.137 e. The first-order valence-electron chi connectivity index (χ1n) is 7.31. The maximum absolute atomic E-state index is 9.44. The van der Waals surface area contributed by atoms with Crippen molar-refractivity contribution in [1.29, 1.82) is 0 Å². The van der Waals surface area contributed by atoms with E-state index in [0.717, 1.165) is 17.2 Å². The van der Waals surface area contributed by atoms with Gasteiger partial charge < -0.3 is 14.7 Å². The van der Waals surface area contributed by atoms with E-state index in [-0.39, 0.29) is 24.2 Å². The molecule has 6 heteroatoms. The molecule has 5 nitrogen and oxygen atoms in total. The SMILES string of the molecule is Cc1c(Cl)nc(C(C)C)nc1N1CC(CO)OC(C)(C)C1. The van der Waals surface area contributed by atoms with Crippen molar-refractivity contribution in [3.63, 3.8) is 0 Å². The van der Waals surface area contributed by atoms with Crippen molar-refractivity contribution >= 4 is 17.4 Å². The normalized spacial score (nSPS) is 21.9. The summed E-state index contributed by atoms with van der Waals surface area (Å²) in [5.41, 5.74) is 0.531. The van der Waals surface area contributed by atoms with Crippen LogP contribution in [0.5, 0.6) is 0 Å². The van der Waals surface area contributed by atoms with Gasteiger partial charge in [0.2, 0.25) is 0 Å². The molecular formula is C15H24ClN3O2. The number of hydrogen-bond donors (Lipinski definition) is 1. The molecule has 1 aliphatic heterocycles. The molecule has 1 fully saturated rings. The van der Waals surface area contributed by atoms with Crippen LogP contribution in [0.2, 0.25) is 5.15 Å². The molecule has 0 radical (unpaired) electrons. The number of halogens is 1. The second-order valence-corrected chi connectivity index (χ2v) is 6.90. The second-order valence-electron chi connectivity index (χ2n) is 6.54. The van der Waals surface area contributed by atoms with E-state index in [1.807, 2.05) is 34.6 Å². The molecule has 21 heavy (non-hydrogen) atoms. The van der Waals surface area contributed by atoms with Crippen LogP contribution < -0.4 is 4.90 Å². The highest BCUT2D eigenvalue weighted by atomic mass is 35.5. The van der Waals surface area contributed by atoms with Crippen LogP contribution in [0.25, 0.3) is 0 Å². The standard InChI is InChI=1S/C15H24ClN3O2/c1-9(2)13-17-12(16)10(3)14(18-13)19-6-11(7-20)21-15(4,5)8-19/h9,11,20H,6-8H2,1-5H3. The van der Waals surface area contributed by atoms with Gasteiger partial charge in [0.25, 0.3) is 0 Å². The molecule has 1 aliphatic rings.